The van der Waals surface area contributed by atoms with Gasteiger partial charge in [-0.3, -0.25) is 9.69 Å². The number of hydrogen-bond acceptors (Lipinski definition) is 3. The van der Waals surface area contributed by atoms with Crippen LogP contribution < -0.4 is 11.1 Å². The Morgan fingerprint density at radius 3 is 2.48 bits per heavy atom. The van der Waals surface area contributed by atoms with Crippen LogP contribution in [0.15, 0.2) is 24.3 Å². The fraction of sp³-hybridized carbons (Fsp3) is 0.667. The third kappa shape index (κ3) is 5.21. The van der Waals surface area contributed by atoms with E-state index in [0.717, 1.165) is 50.8 Å². The number of benzene rings is 1. The Hall–Kier alpha value is -1.17. The predicted molar refractivity (Wildman–Crippen MR) is 110 cm³/mol. The van der Waals surface area contributed by atoms with Crippen LogP contribution in [0.25, 0.3) is 0 Å². The van der Waals surface area contributed by atoms with Gasteiger partial charge in [-0.2, -0.15) is 0 Å². The zero-order valence-electron chi connectivity index (χ0n) is 16.5. The molecule has 1 aliphatic heterocycles. The van der Waals surface area contributed by atoms with Crippen LogP contribution in [0.4, 0.5) is 4.39 Å². The molecule has 1 aromatic rings. The Morgan fingerprint density at radius 1 is 1.26 bits per heavy atom. The summed E-state index contributed by atoms with van der Waals surface area (Å²) in [6.07, 6.45) is 5.34. The standard InChI is InChI=1S/C21H32FN3O.ClH/c1-20(2)15-25(12-9-18(20)23)13-19(26)24-14-21(10-3-4-11-21)16-5-7-17(22)8-6-16;/h5-8,18H,3-4,9-15,23H2,1-2H3,(H,24,26);1H. The molecule has 0 bridgehead atoms. The average Bonchev–Trinajstić information content (AvgIpc) is 3.07. The number of nitrogens with one attached hydrogen (secondary N) is 1. The monoisotopic (exact) mass is 397 g/mol. The van der Waals surface area contributed by atoms with Crippen molar-refractivity contribution in [3.05, 3.63) is 35.6 Å². The van der Waals surface area contributed by atoms with Gasteiger partial charge in [0.2, 0.25) is 5.91 Å². The normalized spacial score (nSPS) is 24.2. The van der Waals surface area contributed by atoms with Gasteiger partial charge in [-0.1, -0.05) is 38.8 Å². The summed E-state index contributed by atoms with van der Waals surface area (Å²) in [5.41, 5.74) is 7.32. The highest BCUT2D eigenvalue weighted by Gasteiger charge is 2.37. The molecule has 1 aromatic carbocycles. The minimum atomic E-state index is -0.211. The Kier molecular flexibility index (Phi) is 7.28. The van der Waals surface area contributed by atoms with Crippen LogP contribution in [0.1, 0.15) is 51.5 Å². The van der Waals surface area contributed by atoms with Crippen LogP contribution in [0.5, 0.6) is 0 Å². The molecule has 1 heterocycles. The quantitative estimate of drug-likeness (QED) is 0.801. The molecule has 2 fully saturated rings. The van der Waals surface area contributed by atoms with E-state index in [1.54, 1.807) is 0 Å². The van der Waals surface area contributed by atoms with Crippen molar-refractivity contribution in [2.45, 2.75) is 57.4 Å². The minimum absolute atomic E-state index is 0. The van der Waals surface area contributed by atoms with Crippen molar-refractivity contribution in [3.63, 3.8) is 0 Å². The Labute approximate surface area is 168 Å². The van der Waals surface area contributed by atoms with Gasteiger partial charge in [0.15, 0.2) is 0 Å². The molecule has 0 aromatic heterocycles. The van der Waals surface area contributed by atoms with Gasteiger partial charge in [-0.15, -0.1) is 12.4 Å². The average molecular weight is 398 g/mol. The zero-order valence-corrected chi connectivity index (χ0v) is 17.3. The second-order valence-electron chi connectivity index (χ2n) is 8.87. The number of hydrogen-bond donors (Lipinski definition) is 2. The van der Waals surface area contributed by atoms with Gasteiger partial charge < -0.3 is 11.1 Å². The Morgan fingerprint density at radius 2 is 1.89 bits per heavy atom. The number of nitrogens with zero attached hydrogens (tertiary/aromatic N) is 1. The van der Waals surface area contributed by atoms with E-state index in [2.05, 4.69) is 24.1 Å². The maximum Gasteiger partial charge on any atom is 0.234 e. The van der Waals surface area contributed by atoms with Crippen molar-refractivity contribution in [1.82, 2.24) is 10.2 Å². The second kappa shape index (κ2) is 8.89. The molecule has 1 amide bonds. The predicted octanol–water partition coefficient (Wildman–Crippen LogP) is 3.23. The largest absolute Gasteiger partial charge is 0.354 e. The lowest BCUT2D eigenvalue weighted by Crippen LogP contribution is -2.54. The van der Waals surface area contributed by atoms with Gasteiger partial charge >= 0.3 is 0 Å². The van der Waals surface area contributed by atoms with E-state index in [9.17, 15) is 9.18 Å². The number of carbonyl (C=O) groups is 1. The third-order valence-corrected chi connectivity index (χ3v) is 6.40. The number of piperidine rings is 1. The summed E-state index contributed by atoms with van der Waals surface area (Å²) in [6, 6.07) is 7.00. The zero-order chi connectivity index (χ0) is 18.8. The van der Waals surface area contributed by atoms with E-state index in [0.29, 0.717) is 13.1 Å². The van der Waals surface area contributed by atoms with Crippen molar-refractivity contribution in [1.29, 1.82) is 0 Å². The number of carbonyl (C=O) groups excluding carboxylic acids is 1. The maximum atomic E-state index is 13.3. The van der Waals surface area contributed by atoms with Gasteiger partial charge in [-0.05, 0) is 42.4 Å². The summed E-state index contributed by atoms with van der Waals surface area (Å²) in [7, 11) is 0. The van der Waals surface area contributed by atoms with Crippen LogP contribution in [0, 0.1) is 11.2 Å². The summed E-state index contributed by atoms with van der Waals surface area (Å²) in [4.78, 5) is 14.8. The maximum absolute atomic E-state index is 13.3. The van der Waals surface area contributed by atoms with E-state index in [-0.39, 0.29) is 41.0 Å². The van der Waals surface area contributed by atoms with Crippen molar-refractivity contribution in [2.75, 3.05) is 26.2 Å². The molecular formula is C21H33ClFN3O. The van der Waals surface area contributed by atoms with Crippen LogP contribution in [-0.4, -0.2) is 43.0 Å². The van der Waals surface area contributed by atoms with Crippen LogP contribution in [0.2, 0.25) is 0 Å². The molecule has 6 heteroatoms. The first-order valence-corrected chi connectivity index (χ1v) is 9.81. The minimum Gasteiger partial charge on any atom is -0.354 e. The van der Waals surface area contributed by atoms with E-state index in [4.69, 9.17) is 5.73 Å². The molecule has 27 heavy (non-hydrogen) atoms. The van der Waals surface area contributed by atoms with Gasteiger partial charge in [0.1, 0.15) is 5.82 Å². The molecular weight excluding hydrogens is 365 g/mol. The molecule has 1 unspecified atom stereocenters. The first-order chi connectivity index (χ1) is 12.3. The number of nitrogens with two attached hydrogens (primary N) is 1. The van der Waals surface area contributed by atoms with Gasteiger partial charge in [0, 0.05) is 31.1 Å². The van der Waals surface area contributed by atoms with E-state index in [1.165, 1.54) is 12.1 Å². The van der Waals surface area contributed by atoms with Crippen molar-refractivity contribution >= 4 is 18.3 Å². The lowest BCUT2D eigenvalue weighted by molar-refractivity contribution is -0.123. The molecule has 3 N–H and O–H groups in total. The number of amides is 1. The van der Waals surface area contributed by atoms with E-state index >= 15 is 0 Å². The van der Waals surface area contributed by atoms with E-state index in [1.807, 2.05) is 12.1 Å². The molecule has 3 rings (SSSR count). The molecule has 1 aliphatic carbocycles. The molecule has 1 saturated heterocycles. The highest BCUT2D eigenvalue weighted by atomic mass is 35.5. The summed E-state index contributed by atoms with van der Waals surface area (Å²) in [5.74, 6) is -0.137. The topological polar surface area (TPSA) is 58.4 Å². The molecule has 0 spiro atoms. The van der Waals surface area contributed by atoms with Crippen molar-refractivity contribution < 1.29 is 9.18 Å². The third-order valence-electron chi connectivity index (χ3n) is 6.40. The molecule has 2 aliphatic rings. The van der Waals surface area contributed by atoms with Crippen LogP contribution in [-0.2, 0) is 10.2 Å². The summed E-state index contributed by atoms with van der Waals surface area (Å²) in [6.45, 7) is 7.13. The summed E-state index contributed by atoms with van der Waals surface area (Å²) in [5, 5.41) is 3.16. The molecule has 4 nitrogen and oxygen atoms in total. The fourth-order valence-corrected chi connectivity index (χ4v) is 4.57. The SMILES string of the molecule is CC1(C)CN(CC(=O)NCC2(c3ccc(F)cc3)CCCC2)CCC1N.Cl. The lowest BCUT2D eigenvalue weighted by atomic mass is 9.78. The first kappa shape index (κ1) is 22.1. The molecule has 1 saturated carbocycles. The molecule has 1 atom stereocenters. The van der Waals surface area contributed by atoms with Gasteiger partial charge in [-0.25, -0.2) is 4.39 Å². The number of halogens is 2. The van der Waals surface area contributed by atoms with Crippen LogP contribution >= 0.6 is 12.4 Å². The number of rotatable bonds is 5. The molecule has 0 radical (unpaired) electrons. The molecule has 152 valence electrons. The summed E-state index contributed by atoms with van der Waals surface area (Å²) < 4.78 is 13.3. The first-order valence-electron chi connectivity index (χ1n) is 9.81. The van der Waals surface area contributed by atoms with Gasteiger partial charge in [0.25, 0.3) is 0 Å². The van der Waals surface area contributed by atoms with E-state index < -0.39 is 0 Å². The summed E-state index contributed by atoms with van der Waals surface area (Å²) >= 11 is 0. The highest BCUT2D eigenvalue weighted by molar-refractivity contribution is 5.85. The van der Waals surface area contributed by atoms with Crippen molar-refractivity contribution in [3.8, 4) is 0 Å². The van der Waals surface area contributed by atoms with Crippen molar-refractivity contribution in [2.24, 2.45) is 11.1 Å². The van der Waals surface area contributed by atoms with Gasteiger partial charge in [0.05, 0.1) is 6.54 Å². The Bertz CT molecular complexity index is 629. The Balaban J connectivity index is 0.00000261. The lowest BCUT2D eigenvalue weighted by Gasteiger charge is -2.42. The second-order valence-corrected chi connectivity index (χ2v) is 8.87. The fourth-order valence-electron chi connectivity index (χ4n) is 4.57. The smallest absolute Gasteiger partial charge is 0.234 e. The number of likely N-dealkylation sites (tertiary alicyclic amines) is 1. The highest BCUT2D eigenvalue weighted by Crippen LogP contribution is 2.40. The van der Waals surface area contributed by atoms with Crippen LogP contribution in [0.3, 0.4) is 0 Å².